The molecular weight excluding hydrogens is 379 g/mol. The lowest BCUT2D eigenvalue weighted by atomic mass is 10.1. The molecule has 0 atom stereocenters. The smallest absolute Gasteiger partial charge is 0.126 e. The zero-order chi connectivity index (χ0) is 19.5. The number of pyridine rings is 1. The minimum atomic E-state index is -0.255. The first-order chi connectivity index (χ1) is 13.6. The van der Waals surface area contributed by atoms with Crippen LogP contribution in [-0.2, 0) is 6.54 Å². The van der Waals surface area contributed by atoms with Crippen LogP contribution in [0.4, 0.5) is 10.2 Å². The van der Waals surface area contributed by atoms with Gasteiger partial charge >= 0.3 is 0 Å². The van der Waals surface area contributed by atoms with E-state index < -0.39 is 0 Å². The van der Waals surface area contributed by atoms with E-state index in [2.05, 4.69) is 15.3 Å². The van der Waals surface area contributed by atoms with Crippen molar-refractivity contribution in [1.29, 1.82) is 0 Å². The molecule has 0 fully saturated rings. The van der Waals surface area contributed by atoms with Crippen molar-refractivity contribution in [2.45, 2.75) is 6.54 Å². The van der Waals surface area contributed by atoms with Gasteiger partial charge in [0.2, 0.25) is 0 Å². The largest absolute Gasteiger partial charge is 0.395 e. The van der Waals surface area contributed by atoms with E-state index in [9.17, 15) is 4.39 Å². The Balaban J connectivity index is 1.71. The lowest BCUT2D eigenvalue weighted by Gasteiger charge is -2.10. The standard InChI is InChI=1S/C21H18ClFN4O/c22-18-11-25-21(24-6-7-28)10-17(18)15-4-5-19-20(9-15)27(13-26-19)12-14-2-1-3-16(23)8-14/h1-5,8-11,13,28H,6-7,12H2,(H,24,25). The van der Waals surface area contributed by atoms with E-state index in [0.29, 0.717) is 23.9 Å². The maximum atomic E-state index is 13.5. The summed E-state index contributed by atoms with van der Waals surface area (Å²) in [5.41, 5.74) is 4.40. The molecule has 0 saturated carbocycles. The Morgan fingerprint density at radius 3 is 2.82 bits per heavy atom. The van der Waals surface area contributed by atoms with Crippen LogP contribution in [0.3, 0.4) is 0 Å². The Kier molecular flexibility index (Phi) is 5.23. The molecule has 5 nitrogen and oxygen atoms in total. The number of imidazole rings is 1. The molecule has 0 spiro atoms. The molecule has 4 aromatic rings. The van der Waals surface area contributed by atoms with Gasteiger partial charge in [0.1, 0.15) is 11.6 Å². The van der Waals surface area contributed by atoms with Gasteiger partial charge in [-0.1, -0.05) is 29.8 Å². The van der Waals surface area contributed by atoms with Crippen molar-refractivity contribution < 1.29 is 9.50 Å². The fourth-order valence-corrected chi connectivity index (χ4v) is 3.34. The third kappa shape index (κ3) is 3.83. The summed E-state index contributed by atoms with van der Waals surface area (Å²) in [6.07, 6.45) is 3.34. The zero-order valence-electron chi connectivity index (χ0n) is 14.9. The van der Waals surface area contributed by atoms with E-state index in [1.807, 2.05) is 34.9 Å². The second-order valence-electron chi connectivity index (χ2n) is 6.41. The number of aromatic nitrogens is 3. The summed E-state index contributed by atoms with van der Waals surface area (Å²) in [5.74, 6) is 0.385. The van der Waals surface area contributed by atoms with E-state index in [-0.39, 0.29) is 12.4 Å². The number of anilines is 1. The Morgan fingerprint density at radius 1 is 1.11 bits per heavy atom. The summed E-state index contributed by atoms with van der Waals surface area (Å²) < 4.78 is 15.5. The Bertz CT molecular complexity index is 1130. The van der Waals surface area contributed by atoms with Crippen LogP contribution in [0.15, 0.2) is 61.1 Å². The number of aliphatic hydroxyl groups excluding tert-OH is 1. The predicted molar refractivity (Wildman–Crippen MR) is 109 cm³/mol. The van der Waals surface area contributed by atoms with Crippen molar-refractivity contribution >= 4 is 28.5 Å². The highest BCUT2D eigenvalue weighted by atomic mass is 35.5. The van der Waals surface area contributed by atoms with Crippen LogP contribution < -0.4 is 5.32 Å². The molecule has 2 aromatic carbocycles. The number of fused-ring (bicyclic) bond motifs is 1. The fourth-order valence-electron chi connectivity index (χ4n) is 3.12. The van der Waals surface area contributed by atoms with Crippen LogP contribution in [-0.4, -0.2) is 32.8 Å². The molecule has 0 aliphatic heterocycles. The zero-order valence-corrected chi connectivity index (χ0v) is 15.7. The van der Waals surface area contributed by atoms with Gasteiger partial charge in [0.15, 0.2) is 0 Å². The van der Waals surface area contributed by atoms with Crippen LogP contribution in [0.25, 0.3) is 22.2 Å². The second-order valence-corrected chi connectivity index (χ2v) is 6.81. The molecule has 0 saturated heterocycles. The molecule has 0 aliphatic rings. The second kappa shape index (κ2) is 7.96. The number of benzene rings is 2. The van der Waals surface area contributed by atoms with E-state index in [4.69, 9.17) is 16.7 Å². The number of halogens is 2. The third-order valence-corrected chi connectivity index (χ3v) is 4.75. The van der Waals surface area contributed by atoms with Gasteiger partial charge < -0.3 is 15.0 Å². The van der Waals surface area contributed by atoms with E-state index in [1.54, 1.807) is 18.6 Å². The highest BCUT2D eigenvalue weighted by Gasteiger charge is 2.10. The van der Waals surface area contributed by atoms with Gasteiger partial charge in [0, 0.05) is 24.8 Å². The van der Waals surface area contributed by atoms with Crippen LogP contribution in [0.5, 0.6) is 0 Å². The number of hydrogen-bond donors (Lipinski definition) is 2. The van der Waals surface area contributed by atoms with Crippen LogP contribution >= 0.6 is 11.6 Å². The number of aliphatic hydroxyl groups is 1. The van der Waals surface area contributed by atoms with E-state index in [1.165, 1.54) is 12.1 Å². The summed E-state index contributed by atoms with van der Waals surface area (Å²) in [6.45, 7) is 0.948. The Morgan fingerprint density at radius 2 is 2.00 bits per heavy atom. The third-order valence-electron chi connectivity index (χ3n) is 4.45. The minimum Gasteiger partial charge on any atom is -0.395 e. The van der Waals surface area contributed by atoms with E-state index >= 15 is 0 Å². The normalized spacial score (nSPS) is 11.1. The first kappa shape index (κ1) is 18.4. The molecule has 2 aromatic heterocycles. The van der Waals surface area contributed by atoms with Gasteiger partial charge in [0.05, 0.1) is 29.0 Å². The Labute approximate surface area is 166 Å². The van der Waals surface area contributed by atoms with Crippen molar-refractivity contribution in [2.75, 3.05) is 18.5 Å². The first-order valence-electron chi connectivity index (χ1n) is 8.84. The summed E-state index contributed by atoms with van der Waals surface area (Å²) in [7, 11) is 0. The molecule has 2 N–H and O–H groups in total. The van der Waals surface area contributed by atoms with Gasteiger partial charge in [-0.25, -0.2) is 14.4 Å². The fraction of sp³-hybridized carbons (Fsp3) is 0.143. The van der Waals surface area contributed by atoms with Crippen molar-refractivity contribution in [3.8, 4) is 11.1 Å². The molecule has 28 heavy (non-hydrogen) atoms. The van der Waals surface area contributed by atoms with Crippen molar-refractivity contribution in [1.82, 2.24) is 14.5 Å². The number of nitrogens with zero attached hydrogens (tertiary/aromatic N) is 3. The molecule has 0 bridgehead atoms. The molecule has 4 rings (SSSR count). The summed E-state index contributed by atoms with van der Waals surface area (Å²) in [5, 5.41) is 12.6. The van der Waals surface area contributed by atoms with Gasteiger partial charge in [-0.05, 0) is 41.5 Å². The maximum Gasteiger partial charge on any atom is 0.126 e. The topological polar surface area (TPSA) is 63.0 Å². The average molecular weight is 397 g/mol. The van der Waals surface area contributed by atoms with Gasteiger partial charge in [-0.2, -0.15) is 0 Å². The van der Waals surface area contributed by atoms with Crippen molar-refractivity contribution in [3.05, 3.63) is 77.5 Å². The summed E-state index contributed by atoms with van der Waals surface area (Å²) in [4.78, 5) is 8.66. The molecule has 7 heteroatoms. The first-order valence-corrected chi connectivity index (χ1v) is 9.22. The summed E-state index contributed by atoms with van der Waals surface area (Å²) >= 11 is 6.37. The average Bonchev–Trinajstić information content (AvgIpc) is 3.09. The predicted octanol–water partition coefficient (Wildman–Crippen LogP) is 4.34. The maximum absolute atomic E-state index is 13.5. The van der Waals surface area contributed by atoms with Gasteiger partial charge in [-0.15, -0.1) is 0 Å². The van der Waals surface area contributed by atoms with Crippen LogP contribution in [0.1, 0.15) is 5.56 Å². The van der Waals surface area contributed by atoms with Crippen molar-refractivity contribution in [3.63, 3.8) is 0 Å². The lowest BCUT2D eigenvalue weighted by molar-refractivity contribution is 0.311. The molecule has 2 heterocycles. The quantitative estimate of drug-likeness (QED) is 0.509. The number of rotatable bonds is 6. The molecule has 0 radical (unpaired) electrons. The van der Waals surface area contributed by atoms with E-state index in [0.717, 1.165) is 27.7 Å². The molecule has 142 valence electrons. The highest BCUT2D eigenvalue weighted by Crippen LogP contribution is 2.31. The number of hydrogen-bond acceptors (Lipinski definition) is 4. The van der Waals surface area contributed by atoms with Crippen molar-refractivity contribution in [2.24, 2.45) is 0 Å². The SMILES string of the molecule is OCCNc1cc(-c2ccc3ncn(Cc4cccc(F)c4)c3c2)c(Cl)cn1. The van der Waals surface area contributed by atoms with Gasteiger partial charge in [-0.3, -0.25) is 0 Å². The Hall–Kier alpha value is -2.96. The van der Waals surface area contributed by atoms with Crippen LogP contribution in [0, 0.1) is 5.82 Å². The molecule has 0 aliphatic carbocycles. The lowest BCUT2D eigenvalue weighted by Crippen LogP contribution is -2.06. The molecule has 0 unspecified atom stereocenters. The van der Waals surface area contributed by atoms with Crippen LogP contribution in [0.2, 0.25) is 5.02 Å². The minimum absolute atomic E-state index is 0.0187. The molecular formula is C21H18ClFN4O. The monoisotopic (exact) mass is 396 g/mol. The molecule has 0 amide bonds. The summed E-state index contributed by atoms with van der Waals surface area (Å²) in [6, 6.07) is 14.3. The highest BCUT2D eigenvalue weighted by molar-refractivity contribution is 6.33. The number of nitrogens with one attached hydrogen (secondary N) is 1. The van der Waals surface area contributed by atoms with Gasteiger partial charge in [0.25, 0.3) is 0 Å².